The van der Waals surface area contributed by atoms with Crippen molar-refractivity contribution in [3.05, 3.63) is 120 Å². The van der Waals surface area contributed by atoms with E-state index >= 15 is 0 Å². The maximum atomic E-state index is 13.8. The van der Waals surface area contributed by atoms with Crippen molar-refractivity contribution in [1.82, 2.24) is 16.0 Å². The predicted octanol–water partition coefficient (Wildman–Crippen LogP) is 3.53. The highest BCUT2D eigenvalue weighted by Gasteiger charge is 2.31. The van der Waals surface area contributed by atoms with E-state index in [0.29, 0.717) is 5.56 Å². The Morgan fingerprint density at radius 2 is 1.13 bits per heavy atom. The van der Waals surface area contributed by atoms with Gasteiger partial charge in [0.15, 0.2) is 12.4 Å². The lowest BCUT2D eigenvalue weighted by Gasteiger charge is -2.25. The van der Waals surface area contributed by atoms with E-state index < -0.39 is 72.2 Å². The highest BCUT2D eigenvalue weighted by molar-refractivity contribution is 5.98. The van der Waals surface area contributed by atoms with E-state index in [1.54, 1.807) is 85.8 Å². The van der Waals surface area contributed by atoms with Gasteiger partial charge in [-0.25, -0.2) is 4.79 Å². The third kappa shape index (κ3) is 15.8. The molecule has 0 aromatic heterocycles. The molecular formula is C41H47N3O11. The van der Waals surface area contributed by atoms with Crippen molar-refractivity contribution in [2.24, 2.45) is 0 Å². The molecule has 0 spiro atoms. The van der Waals surface area contributed by atoms with E-state index in [1.165, 1.54) is 13.0 Å². The van der Waals surface area contributed by atoms with Crippen LogP contribution >= 0.6 is 0 Å². The predicted molar refractivity (Wildman–Crippen MR) is 200 cm³/mol. The molecule has 55 heavy (non-hydrogen) atoms. The molecule has 0 bridgehead atoms. The van der Waals surface area contributed by atoms with Crippen molar-refractivity contribution < 1.29 is 52.5 Å². The van der Waals surface area contributed by atoms with E-state index in [2.05, 4.69) is 22.5 Å². The highest BCUT2D eigenvalue weighted by Crippen LogP contribution is 2.10. The molecule has 0 radical (unpaired) electrons. The molecule has 0 aliphatic heterocycles. The summed E-state index contributed by atoms with van der Waals surface area (Å²) >= 11 is 0. The van der Waals surface area contributed by atoms with E-state index in [1.807, 2.05) is 12.1 Å². The molecule has 4 atom stereocenters. The Hall–Kier alpha value is -6.15. The fraction of sp³-hybridized carbons (Fsp3) is 0.341. The third-order valence-corrected chi connectivity index (χ3v) is 8.02. The molecule has 14 nitrogen and oxygen atoms in total. The quantitative estimate of drug-likeness (QED) is 0.0553. The Bertz CT molecular complexity index is 1740. The SMILES string of the molecule is C=CC(NC(CCC(=O)OCc1ccccc1)C(=O)NC(CCC(=O)OCc1ccccc1)C(=O)NC(C)C(=O)OCC(=O)c1ccccc1)C(=O)OCC. The molecule has 3 aromatic rings. The smallest absolute Gasteiger partial charge is 0.328 e. The lowest BCUT2D eigenvalue weighted by Crippen LogP contribution is -2.56. The first-order chi connectivity index (χ1) is 26.5. The Kier molecular flexibility index (Phi) is 18.5. The minimum absolute atomic E-state index is 0.00568. The maximum Gasteiger partial charge on any atom is 0.328 e. The molecule has 3 aromatic carbocycles. The van der Waals surface area contributed by atoms with Crippen LogP contribution in [0.15, 0.2) is 104 Å². The van der Waals surface area contributed by atoms with Crippen molar-refractivity contribution in [2.45, 2.75) is 76.9 Å². The average molecular weight is 758 g/mol. The zero-order chi connectivity index (χ0) is 40.0. The number of nitrogens with one attached hydrogen (secondary N) is 3. The normalized spacial score (nSPS) is 12.8. The largest absolute Gasteiger partial charge is 0.465 e. The van der Waals surface area contributed by atoms with E-state index in [-0.39, 0.29) is 45.5 Å². The van der Waals surface area contributed by atoms with Gasteiger partial charge >= 0.3 is 23.9 Å². The van der Waals surface area contributed by atoms with Crippen molar-refractivity contribution in [3.8, 4) is 0 Å². The second-order valence-electron chi connectivity index (χ2n) is 12.2. The molecule has 0 saturated heterocycles. The van der Waals surface area contributed by atoms with E-state index in [0.717, 1.165) is 11.1 Å². The third-order valence-electron chi connectivity index (χ3n) is 8.02. The minimum atomic E-state index is -1.41. The number of Topliss-reactive ketones (excluding diaryl/α,β-unsaturated/α-hetero) is 1. The monoisotopic (exact) mass is 757 g/mol. The summed E-state index contributed by atoms with van der Waals surface area (Å²) in [5.74, 6) is -5.04. The summed E-state index contributed by atoms with van der Waals surface area (Å²) in [4.78, 5) is 90.6. The lowest BCUT2D eigenvalue weighted by molar-refractivity contribution is -0.148. The van der Waals surface area contributed by atoms with E-state index in [9.17, 15) is 33.6 Å². The zero-order valence-corrected chi connectivity index (χ0v) is 30.9. The van der Waals surface area contributed by atoms with Crippen molar-refractivity contribution in [1.29, 1.82) is 0 Å². The van der Waals surface area contributed by atoms with E-state index in [4.69, 9.17) is 18.9 Å². The number of carbonyl (C=O) groups excluding carboxylic acids is 7. The van der Waals surface area contributed by atoms with Crippen LogP contribution in [0.1, 0.15) is 61.0 Å². The number of esters is 4. The van der Waals surface area contributed by atoms with Gasteiger partial charge in [-0.15, -0.1) is 6.58 Å². The van der Waals surface area contributed by atoms with Crippen LogP contribution in [0.3, 0.4) is 0 Å². The second kappa shape index (κ2) is 23.5. The Morgan fingerprint density at radius 3 is 1.64 bits per heavy atom. The van der Waals surface area contributed by atoms with Gasteiger partial charge in [0, 0.05) is 18.4 Å². The van der Waals surface area contributed by atoms with Gasteiger partial charge in [-0.05, 0) is 37.8 Å². The average Bonchev–Trinajstić information content (AvgIpc) is 3.20. The summed E-state index contributed by atoms with van der Waals surface area (Å²) in [5.41, 5.74) is 1.84. The van der Waals surface area contributed by atoms with Gasteiger partial charge in [-0.2, -0.15) is 0 Å². The van der Waals surface area contributed by atoms with Gasteiger partial charge < -0.3 is 29.6 Å². The second-order valence-corrected chi connectivity index (χ2v) is 12.2. The van der Waals surface area contributed by atoms with Crippen LogP contribution in [-0.2, 0) is 60.9 Å². The molecule has 0 aliphatic rings. The topological polar surface area (TPSA) is 192 Å². The fourth-order valence-corrected chi connectivity index (χ4v) is 5.00. The molecule has 14 heteroatoms. The number of amides is 2. The number of rotatable bonds is 23. The molecular weight excluding hydrogens is 710 g/mol. The summed E-state index contributed by atoms with van der Waals surface area (Å²) in [7, 11) is 0. The standard InChI is InChI=1S/C41H47N3O11/c1-4-32(41(51)52-5-2)43-33(21-23-36(46)53-25-29-15-9-6-10-16-29)39(49)44-34(22-24-37(47)54-26-30-17-11-7-12-18-30)38(48)42-28(3)40(50)55-27-35(45)31-19-13-8-14-20-31/h4,6-20,28,32-34,43H,1,5,21-27H2,2-3H3,(H,42,48)(H,44,49). The fourth-order valence-electron chi connectivity index (χ4n) is 5.00. The molecule has 0 fully saturated rings. The van der Waals surface area contributed by atoms with Gasteiger partial charge in [0.05, 0.1) is 12.6 Å². The molecule has 3 N–H and O–H groups in total. The van der Waals surface area contributed by atoms with Crippen molar-refractivity contribution >= 4 is 41.5 Å². The number of ether oxygens (including phenoxy) is 4. The van der Waals surface area contributed by atoms with Crippen LogP contribution in [0.4, 0.5) is 0 Å². The zero-order valence-electron chi connectivity index (χ0n) is 30.9. The summed E-state index contributed by atoms with van der Waals surface area (Å²) in [6.45, 7) is 6.05. The summed E-state index contributed by atoms with van der Waals surface area (Å²) in [5, 5.41) is 7.86. The van der Waals surface area contributed by atoms with Crippen LogP contribution in [-0.4, -0.2) is 78.9 Å². The molecule has 4 unspecified atom stereocenters. The van der Waals surface area contributed by atoms with Gasteiger partial charge in [-0.3, -0.25) is 34.1 Å². The van der Waals surface area contributed by atoms with Crippen LogP contribution in [0.2, 0.25) is 0 Å². The number of hydrogen-bond donors (Lipinski definition) is 3. The Balaban J connectivity index is 1.73. The number of benzene rings is 3. The number of carbonyl (C=O) groups is 7. The van der Waals surface area contributed by atoms with Crippen molar-refractivity contribution in [2.75, 3.05) is 13.2 Å². The van der Waals surface area contributed by atoms with Crippen LogP contribution in [0.25, 0.3) is 0 Å². The summed E-state index contributed by atoms with van der Waals surface area (Å²) < 4.78 is 20.9. The van der Waals surface area contributed by atoms with Crippen molar-refractivity contribution in [3.63, 3.8) is 0 Å². The summed E-state index contributed by atoms with van der Waals surface area (Å²) in [6.07, 6.45) is 0.243. The Morgan fingerprint density at radius 1 is 0.636 bits per heavy atom. The van der Waals surface area contributed by atoms with Crippen LogP contribution in [0, 0.1) is 0 Å². The van der Waals surface area contributed by atoms with Gasteiger partial charge in [0.1, 0.15) is 31.3 Å². The molecule has 3 rings (SSSR count). The first-order valence-corrected chi connectivity index (χ1v) is 17.8. The van der Waals surface area contributed by atoms with Crippen LogP contribution < -0.4 is 16.0 Å². The first-order valence-electron chi connectivity index (χ1n) is 17.8. The molecule has 0 aliphatic carbocycles. The Labute approximate surface area is 319 Å². The lowest BCUT2D eigenvalue weighted by atomic mass is 10.1. The maximum absolute atomic E-state index is 13.8. The minimum Gasteiger partial charge on any atom is -0.465 e. The molecule has 0 saturated carbocycles. The van der Waals surface area contributed by atoms with Gasteiger partial charge in [0.2, 0.25) is 11.8 Å². The van der Waals surface area contributed by atoms with Gasteiger partial charge in [-0.1, -0.05) is 97.1 Å². The number of ketones is 1. The molecule has 0 heterocycles. The first kappa shape index (κ1) is 43.3. The number of hydrogen-bond acceptors (Lipinski definition) is 12. The molecule has 2 amide bonds. The highest BCUT2D eigenvalue weighted by atomic mass is 16.5. The summed E-state index contributed by atoms with van der Waals surface area (Å²) in [6, 6.07) is 21.0. The molecule has 292 valence electrons. The van der Waals surface area contributed by atoms with Crippen LogP contribution in [0.5, 0.6) is 0 Å². The van der Waals surface area contributed by atoms with Gasteiger partial charge in [0.25, 0.3) is 0 Å².